The number of nitrogens with one attached hydrogen (secondary N) is 1. The number of rotatable bonds is 3. The minimum atomic E-state index is -0.354. The minimum absolute atomic E-state index is 0.0805. The maximum Gasteiger partial charge on any atom is 0.251 e. The smallest absolute Gasteiger partial charge is 0.251 e. The Morgan fingerprint density at radius 2 is 1.52 bits per heavy atom. The van der Waals surface area contributed by atoms with Crippen molar-refractivity contribution in [3.8, 4) is 0 Å². The van der Waals surface area contributed by atoms with Crippen LogP contribution >= 0.6 is 15.9 Å². The molecule has 4 nitrogen and oxygen atoms in total. The van der Waals surface area contributed by atoms with Crippen LogP contribution in [0.25, 0.3) is 0 Å². The van der Waals surface area contributed by atoms with Crippen LogP contribution < -0.4 is 10.2 Å². The Kier molecular flexibility index (Phi) is 3.62. The summed E-state index contributed by atoms with van der Waals surface area (Å²) < 4.78 is 0.943. The molecule has 4 aliphatic carbocycles. The van der Waals surface area contributed by atoms with Crippen LogP contribution in [0.4, 0.5) is 5.69 Å². The molecule has 5 aliphatic rings. The fourth-order valence-corrected chi connectivity index (χ4v) is 6.53. The molecule has 0 aromatic heterocycles. The Hall–Kier alpha value is -1.20. The fraction of sp³-hybridized carbons (Fsp3) is 0.600. The van der Waals surface area contributed by atoms with E-state index in [2.05, 4.69) is 21.2 Å². The molecule has 0 unspecified atom stereocenters. The molecule has 4 bridgehead atoms. The van der Waals surface area contributed by atoms with E-state index in [1.165, 1.54) is 43.4 Å². The summed E-state index contributed by atoms with van der Waals surface area (Å²) in [6.07, 6.45) is 7.99. The number of amides is 2. The van der Waals surface area contributed by atoms with Gasteiger partial charge >= 0.3 is 0 Å². The second-order valence-electron chi connectivity index (χ2n) is 8.64. The Bertz CT molecular complexity index is 694. The van der Waals surface area contributed by atoms with Crippen molar-refractivity contribution < 1.29 is 9.59 Å². The Morgan fingerprint density at radius 3 is 2.08 bits per heavy atom. The molecule has 132 valence electrons. The SMILES string of the molecule is O=C1C[C@H](NC23CC4CC(CC(C4)C2)C3)C(=O)N1c1ccc(Br)cc1. The highest BCUT2D eigenvalue weighted by atomic mass is 79.9. The quantitative estimate of drug-likeness (QED) is 0.785. The number of anilines is 1. The topological polar surface area (TPSA) is 49.4 Å². The number of benzene rings is 1. The van der Waals surface area contributed by atoms with Gasteiger partial charge in [-0.25, -0.2) is 4.90 Å². The van der Waals surface area contributed by atoms with E-state index in [9.17, 15) is 9.59 Å². The lowest BCUT2D eigenvalue weighted by molar-refractivity contribution is -0.122. The first kappa shape index (κ1) is 16.0. The molecule has 1 aromatic rings. The van der Waals surface area contributed by atoms with Crippen molar-refractivity contribution in [3.05, 3.63) is 28.7 Å². The van der Waals surface area contributed by atoms with Gasteiger partial charge in [-0.1, -0.05) is 15.9 Å². The van der Waals surface area contributed by atoms with E-state index in [-0.39, 0.29) is 29.8 Å². The van der Waals surface area contributed by atoms with E-state index in [4.69, 9.17) is 0 Å². The second kappa shape index (κ2) is 5.65. The van der Waals surface area contributed by atoms with Gasteiger partial charge in [-0.3, -0.25) is 14.9 Å². The van der Waals surface area contributed by atoms with Gasteiger partial charge in [0.25, 0.3) is 5.91 Å². The maximum absolute atomic E-state index is 13.0. The van der Waals surface area contributed by atoms with Crippen LogP contribution in [0, 0.1) is 17.8 Å². The summed E-state index contributed by atoms with van der Waals surface area (Å²) in [7, 11) is 0. The molecule has 1 heterocycles. The molecule has 4 saturated carbocycles. The zero-order chi connectivity index (χ0) is 17.2. The molecule has 25 heavy (non-hydrogen) atoms. The van der Waals surface area contributed by atoms with Crippen molar-refractivity contribution >= 4 is 33.4 Å². The van der Waals surface area contributed by atoms with Crippen molar-refractivity contribution in [1.82, 2.24) is 5.32 Å². The summed E-state index contributed by atoms with van der Waals surface area (Å²) in [4.78, 5) is 26.8. The first-order valence-electron chi connectivity index (χ1n) is 9.41. The lowest BCUT2D eigenvalue weighted by atomic mass is 9.53. The van der Waals surface area contributed by atoms with Crippen LogP contribution in [0.1, 0.15) is 44.9 Å². The average molecular weight is 403 g/mol. The summed E-state index contributed by atoms with van der Waals surface area (Å²) in [5.41, 5.74) is 0.776. The number of halogens is 1. The number of carbonyl (C=O) groups excluding carboxylic acids is 2. The lowest BCUT2D eigenvalue weighted by Gasteiger charge is -2.57. The highest BCUT2D eigenvalue weighted by Gasteiger charge is 2.53. The van der Waals surface area contributed by atoms with Gasteiger partial charge < -0.3 is 0 Å². The average Bonchev–Trinajstić information content (AvgIpc) is 2.80. The minimum Gasteiger partial charge on any atom is -0.300 e. The number of hydrogen-bond acceptors (Lipinski definition) is 3. The zero-order valence-electron chi connectivity index (χ0n) is 14.2. The Balaban J connectivity index is 1.36. The van der Waals surface area contributed by atoms with Gasteiger partial charge in [0.05, 0.1) is 18.2 Å². The number of hydrogen-bond donors (Lipinski definition) is 1. The summed E-state index contributed by atoms with van der Waals surface area (Å²) >= 11 is 3.40. The van der Waals surface area contributed by atoms with Gasteiger partial charge in [-0.2, -0.15) is 0 Å². The lowest BCUT2D eigenvalue weighted by Crippen LogP contribution is -2.61. The van der Waals surface area contributed by atoms with Gasteiger partial charge in [0.1, 0.15) is 0 Å². The first-order valence-corrected chi connectivity index (χ1v) is 10.2. The third kappa shape index (κ3) is 2.67. The highest BCUT2D eigenvalue weighted by molar-refractivity contribution is 9.10. The first-order chi connectivity index (χ1) is 12.0. The fourth-order valence-electron chi connectivity index (χ4n) is 6.26. The van der Waals surface area contributed by atoms with Gasteiger partial charge in [-0.15, -0.1) is 0 Å². The van der Waals surface area contributed by atoms with Crippen LogP contribution in [0.2, 0.25) is 0 Å². The highest BCUT2D eigenvalue weighted by Crippen LogP contribution is 2.55. The van der Waals surface area contributed by atoms with Gasteiger partial charge in [0.2, 0.25) is 5.91 Å². The van der Waals surface area contributed by atoms with Crippen molar-refractivity contribution in [2.24, 2.45) is 17.8 Å². The monoisotopic (exact) mass is 402 g/mol. The van der Waals surface area contributed by atoms with Crippen molar-refractivity contribution in [1.29, 1.82) is 0 Å². The van der Waals surface area contributed by atoms with Crippen LogP contribution in [-0.4, -0.2) is 23.4 Å². The summed E-state index contributed by atoms with van der Waals surface area (Å²) in [5.74, 6) is 2.31. The Morgan fingerprint density at radius 1 is 0.960 bits per heavy atom. The van der Waals surface area contributed by atoms with Crippen LogP contribution in [0.5, 0.6) is 0 Å². The molecular formula is C20H23BrN2O2. The molecule has 1 aromatic carbocycles. The third-order valence-corrected chi connectivity index (χ3v) is 7.28. The van der Waals surface area contributed by atoms with E-state index in [1.807, 2.05) is 24.3 Å². The van der Waals surface area contributed by atoms with E-state index < -0.39 is 0 Å². The molecule has 0 spiro atoms. The Labute approximate surface area is 156 Å². The number of carbonyl (C=O) groups is 2. The molecule has 6 rings (SSSR count). The van der Waals surface area contributed by atoms with Gasteiger partial charge in [0, 0.05) is 10.0 Å². The largest absolute Gasteiger partial charge is 0.300 e. The van der Waals surface area contributed by atoms with Crippen molar-refractivity contribution in [2.45, 2.75) is 56.5 Å². The van der Waals surface area contributed by atoms with E-state index in [0.29, 0.717) is 5.69 Å². The molecule has 1 aliphatic heterocycles. The van der Waals surface area contributed by atoms with Crippen LogP contribution in [0.3, 0.4) is 0 Å². The van der Waals surface area contributed by atoms with E-state index >= 15 is 0 Å². The molecule has 0 radical (unpaired) electrons. The standard InChI is InChI=1S/C20H23BrN2O2/c21-15-1-3-16(4-2-15)23-18(24)8-17(19(23)25)22-20-9-12-5-13(10-20)7-14(6-12)11-20/h1-4,12-14,17,22H,5-11H2/t12?,13?,14?,17-,20?/m0/s1. The van der Waals surface area contributed by atoms with Crippen molar-refractivity contribution in [2.75, 3.05) is 4.90 Å². The number of nitrogens with zero attached hydrogens (tertiary/aromatic N) is 1. The van der Waals surface area contributed by atoms with Gasteiger partial charge in [0.15, 0.2) is 0 Å². The summed E-state index contributed by atoms with van der Waals surface area (Å²) in [6, 6.07) is 7.04. The van der Waals surface area contributed by atoms with E-state index in [0.717, 1.165) is 22.2 Å². The normalized spacial score (nSPS) is 39.5. The summed E-state index contributed by atoms with van der Waals surface area (Å²) in [5, 5.41) is 3.69. The number of imide groups is 1. The molecule has 1 atom stereocenters. The molecule has 2 amide bonds. The van der Waals surface area contributed by atoms with Crippen LogP contribution in [0.15, 0.2) is 28.7 Å². The summed E-state index contributed by atoms with van der Waals surface area (Å²) in [6.45, 7) is 0. The molecular weight excluding hydrogens is 380 g/mol. The molecule has 5 heteroatoms. The zero-order valence-corrected chi connectivity index (χ0v) is 15.8. The maximum atomic E-state index is 13.0. The molecule has 5 fully saturated rings. The molecule has 1 N–H and O–H groups in total. The predicted molar refractivity (Wildman–Crippen MR) is 99.1 cm³/mol. The molecule has 1 saturated heterocycles. The van der Waals surface area contributed by atoms with E-state index in [1.54, 1.807) is 0 Å². The second-order valence-corrected chi connectivity index (χ2v) is 9.56. The van der Waals surface area contributed by atoms with Crippen molar-refractivity contribution in [3.63, 3.8) is 0 Å². The van der Waals surface area contributed by atoms with Crippen LogP contribution in [-0.2, 0) is 9.59 Å². The van der Waals surface area contributed by atoms with Gasteiger partial charge in [-0.05, 0) is 80.5 Å². The third-order valence-electron chi connectivity index (χ3n) is 6.75. The predicted octanol–water partition coefficient (Wildman–Crippen LogP) is 3.64.